The third kappa shape index (κ3) is 3.27. The van der Waals surface area contributed by atoms with E-state index >= 15 is 0 Å². The van der Waals surface area contributed by atoms with Gasteiger partial charge in [0.2, 0.25) is 5.91 Å². The second-order valence-electron chi connectivity index (χ2n) is 4.41. The fourth-order valence-electron chi connectivity index (χ4n) is 2.20. The molecule has 0 saturated heterocycles. The second-order valence-corrected chi connectivity index (χ2v) is 4.41. The molecule has 4 nitrogen and oxygen atoms in total. The molecule has 2 unspecified atom stereocenters. The van der Waals surface area contributed by atoms with Crippen molar-refractivity contribution >= 4 is 5.91 Å². The van der Waals surface area contributed by atoms with Crippen molar-refractivity contribution in [1.29, 1.82) is 0 Å². The molecule has 0 radical (unpaired) electrons. The largest absolute Gasteiger partial charge is 0.295 e. The molecule has 0 aromatic rings. The van der Waals surface area contributed by atoms with Gasteiger partial charge in [0.25, 0.3) is 0 Å². The van der Waals surface area contributed by atoms with Crippen molar-refractivity contribution in [2.45, 2.75) is 38.6 Å². The second kappa shape index (κ2) is 5.32. The zero-order valence-corrected chi connectivity index (χ0v) is 9.12. The molecular formula is C10H21N3O. The van der Waals surface area contributed by atoms with Gasteiger partial charge in [0.15, 0.2) is 0 Å². The lowest BCUT2D eigenvalue weighted by Crippen LogP contribution is -2.44. The van der Waals surface area contributed by atoms with Crippen LogP contribution in [0.1, 0.15) is 32.6 Å². The van der Waals surface area contributed by atoms with Crippen molar-refractivity contribution in [3.63, 3.8) is 0 Å². The molecule has 0 aromatic carbocycles. The van der Waals surface area contributed by atoms with Gasteiger partial charge >= 0.3 is 0 Å². The van der Waals surface area contributed by atoms with Gasteiger partial charge in [-0.15, -0.1) is 0 Å². The summed E-state index contributed by atoms with van der Waals surface area (Å²) in [4.78, 5) is 13.2. The fourth-order valence-corrected chi connectivity index (χ4v) is 2.20. The van der Waals surface area contributed by atoms with Crippen molar-refractivity contribution in [3.8, 4) is 0 Å². The van der Waals surface area contributed by atoms with E-state index in [0.717, 1.165) is 5.92 Å². The number of carbonyl (C=O) groups excluding carboxylic acids is 1. The number of rotatable bonds is 3. The Kier molecular flexibility index (Phi) is 4.35. The minimum absolute atomic E-state index is 0.106. The minimum Gasteiger partial charge on any atom is -0.295 e. The van der Waals surface area contributed by atoms with Crippen molar-refractivity contribution in [2.24, 2.45) is 11.8 Å². The highest BCUT2D eigenvalue weighted by molar-refractivity contribution is 5.77. The monoisotopic (exact) mass is 199 g/mol. The number of likely N-dealkylation sites (N-methyl/N-ethyl adjacent to an activating group) is 1. The molecule has 1 fully saturated rings. The summed E-state index contributed by atoms with van der Waals surface area (Å²) in [5.74, 6) is 5.73. The first kappa shape index (κ1) is 11.5. The maximum atomic E-state index is 11.1. The molecule has 2 atom stereocenters. The maximum Gasteiger partial charge on any atom is 0.248 e. The van der Waals surface area contributed by atoms with Crippen LogP contribution in [0.4, 0.5) is 0 Å². The summed E-state index contributed by atoms with van der Waals surface area (Å²) in [5, 5.41) is 0. The van der Waals surface area contributed by atoms with Crippen LogP contribution in [0.25, 0.3) is 0 Å². The van der Waals surface area contributed by atoms with Gasteiger partial charge in [0, 0.05) is 6.04 Å². The average Bonchev–Trinajstić information content (AvgIpc) is 2.17. The summed E-state index contributed by atoms with van der Waals surface area (Å²) >= 11 is 0. The predicted molar refractivity (Wildman–Crippen MR) is 56.4 cm³/mol. The van der Waals surface area contributed by atoms with E-state index in [2.05, 4.69) is 17.2 Å². The van der Waals surface area contributed by atoms with E-state index in [1.807, 2.05) is 7.05 Å². The molecule has 1 aliphatic rings. The van der Waals surface area contributed by atoms with E-state index in [1.54, 1.807) is 0 Å². The number of amides is 1. The Morgan fingerprint density at radius 2 is 2.29 bits per heavy atom. The third-order valence-electron chi connectivity index (χ3n) is 3.09. The smallest absolute Gasteiger partial charge is 0.248 e. The summed E-state index contributed by atoms with van der Waals surface area (Å²) in [6, 6.07) is 0.552. The van der Waals surface area contributed by atoms with Crippen molar-refractivity contribution < 1.29 is 4.79 Å². The number of hydrogen-bond donors (Lipinski definition) is 2. The van der Waals surface area contributed by atoms with E-state index in [9.17, 15) is 4.79 Å². The lowest BCUT2D eigenvalue weighted by molar-refractivity contribution is -0.122. The van der Waals surface area contributed by atoms with Gasteiger partial charge in [-0.1, -0.05) is 19.8 Å². The molecule has 3 N–H and O–H groups in total. The zero-order valence-electron chi connectivity index (χ0n) is 9.12. The number of nitrogens with zero attached hydrogens (tertiary/aromatic N) is 1. The number of hydrogen-bond acceptors (Lipinski definition) is 3. The normalized spacial score (nSPS) is 27.7. The zero-order chi connectivity index (χ0) is 10.6. The van der Waals surface area contributed by atoms with Crippen LogP contribution in [-0.4, -0.2) is 30.4 Å². The topological polar surface area (TPSA) is 58.4 Å². The summed E-state index contributed by atoms with van der Waals surface area (Å²) in [5.41, 5.74) is 2.17. The van der Waals surface area contributed by atoms with E-state index in [4.69, 9.17) is 5.84 Å². The number of hydrazine groups is 1. The third-order valence-corrected chi connectivity index (χ3v) is 3.09. The Morgan fingerprint density at radius 1 is 1.57 bits per heavy atom. The molecule has 4 heteroatoms. The molecule has 0 aromatic heterocycles. The first-order valence-electron chi connectivity index (χ1n) is 5.33. The quantitative estimate of drug-likeness (QED) is 0.395. The van der Waals surface area contributed by atoms with Crippen LogP contribution >= 0.6 is 0 Å². The molecule has 1 aliphatic carbocycles. The SMILES string of the molecule is CC1CCCC(N(C)CC(=O)NN)C1. The summed E-state index contributed by atoms with van der Waals surface area (Å²) in [6.45, 7) is 2.69. The highest BCUT2D eigenvalue weighted by Crippen LogP contribution is 2.26. The molecule has 1 amide bonds. The molecule has 0 aliphatic heterocycles. The van der Waals surface area contributed by atoms with Crippen LogP contribution in [-0.2, 0) is 4.79 Å². The van der Waals surface area contributed by atoms with Crippen LogP contribution < -0.4 is 11.3 Å². The molecule has 1 saturated carbocycles. The Balaban J connectivity index is 2.35. The van der Waals surface area contributed by atoms with Gasteiger partial charge in [0.1, 0.15) is 0 Å². The fraction of sp³-hybridized carbons (Fsp3) is 0.900. The molecule has 1 rings (SSSR count). The van der Waals surface area contributed by atoms with Crippen molar-refractivity contribution in [3.05, 3.63) is 0 Å². The first-order valence-corrected chi connectivity index (χ1v) is 5.33. The Bertz CT molecular complexity index is 196. The molecule has 0 heterocycles. The van der Waals surface area contributed by atoms with Crippen LogP contribution in [0.3, 0.4) is 0 Å². The van der Waals surface area contributed by atoms with E-state index in [1.165, 1.54) is 25.7 Å². The molecular weight excluding hydrogens is 178 g/mol. The lowest BCUT2D eigenvalue weighted by Gasteiger charge is -2.33. The highest BCUT2D eigenvalue weighted by atomic mass is 16.2. The summed E-state index contributed by atoms with van der Waals surface area (Å²) in [7, 11) is 2.00. The maximum absolute atomic E-state index is 11.1. The van der Waals surface area contributed by atoms with E-state index < -0.39 is 0 Å². The summed E-state index contributed by atoms with van der Waals surface area (Å²) in [6.07, 6.45) is 5.01. The molecule has 0 spiro atoms. The standard InChI is InChI=1S/C10H21N3O/c1-8-4-3-5-9(6-8)13(2)7-10(14)12-11/h8-9H,3-7,11H2,1-2H3,(H,12,14). The predicted octanol–water partition coefficient (Wildman–Crippen LogP) is 0.487. The van der Waals surface area contributed by atoms with E-state index in [0.29, 0.717) is 12.6 Å². The van der Waals surface area contributed by atoms with Crippen molar-refractivity contribution in [1.82, 2.24) is 10.3 Å². The van der Waals surface area contributed by atoms with Crippen LogP contribution in [0.2, 0.25) is 0 Å². The van der Waals surface area contributed by atoms with Gasteiger partial charge in [-0.25, -0.2) is 5.84 Å². The van der Waals surface area contributed by atoms with Crippen LogP contribution in [0.15, 0.2) is 0 Å². The van der Waals surface area contributed by atoms with Crippen molar-refractivity contribution in [2.75, 3.05) is 13.6 Å². The Morgan fingerprint density at radius 3 is 2.86 bits per heavy atom. The van der Waals surface area contributed by atoms with Gasteiger partial charge in [-0.3, -0.25) is 15.1 Å². The number of nitrogens with two attached hydrogens (primary N) is 1. The van der Waals surface area contributed by atoms with Gasteiger partial charge in [0.05, 0.1) is 6.54 Å². The van der Waals surface area contributed by atoms with Crippen LogP contribution in [0.5, 0.6) is 0 Å². The molecule has 82 valence electrons. The number of nitrogens with one attached hydrogen (secondary N) is 1. The van der Waals surface area contributed by atoms with Gasteiger partial charge < -0.3 is 0 Å². The number of carbonyl (C=O) groups is 1. The highest BCUT2D eigenvalue weighted by Gasteiger charge is 2.23. The lowest BCUT2D eigenvalue weighted by atomic mass is 9.86. The van der Waals surface area contributed by atoms with E-state index in [-0.39, 0.29) is 5.91 Å². The Labute approximate surface area is 85.8 Å². The summed E-state index contributed by atoms with van der Waals surface area (Å²) < 4.78 is 0. The molecule has 0 bridgehead atoms. The van der Waals surface area contributed by atoms with Crippen LogP contribution in [0, 0.1) is 5.92 Å². The van der Waals surface area contributed by atoms with Gasteiger partial charge in [-0.05, 0) is 25.8 Å². The average molecular weight is 199 g/mol. The first-order chi connectivity index (χ1) is 6.63. The molecule has 14 heavy (non-hydrogen) atoms. The minimum atomic E-state index is -0.106. The Hall–Kier alpha value is -0.610. The van der Waals surface area contributed by atoms with Gasteiger partial charge in [-0.2, -0.15) is 0 Å².